The van der Waals surface area contributed by atoms with Crippen molar-refractivity contribution in [3.63, 3.8) is 0 Å². The van der Waals surface area contributed by atoms with E-state index in [2.05, 4.69) is 126 Å². The monoisotopic (exact) mass is 562 g/mol. The highest BCUT2D eigenvalue weighted by Crippen LogP contribution is 2.42. The summed E-state index contributed by atoms with van der Waals surface area (Å²) < 4.78 is 6.48. The Kier molecular flexibility index (Phi) is 5.50. The number of fused-ring (bicyclic) bond motifs is 8. The predicted molar refractivity (Wildman–Crippen MR) is 184 cm³/mol. The Morgan fingerprint density at radius 1 is 0.432 bits per heavy atom. The first-order chi connectivity index (χ1) is 21.8. The number of furan rings is 1. The summed E-state index contributed by atoms with van der Waals surface area (Å²) in [6.07, 6.45) is 1.88. The van der Waals surface area contributed by atoms with Gasteiger partial charge in [0.15, 0.2) is 11.4 Å². The quantitative estimate of drug-likeness (QED) is 0.200. The maximum Gasteiger partial charge on any atom is 0.181 e. The lowest BCUT2D eigenvalue weighted by molar-refractivity contribution is 0.667. The fourth-order valence-corrected chi connectivity index (χ4v) is 6.58. The van der Waals surface area contributed by atoms with E-state index in [-0.39, 0.29) is 0 Å². The lowest BCUT2D eigenvalue weighted by atomic mass is 9.96. The molecule has 2 heterocycles. The fourth-order valence-electron chi connectivity index (χ4n) is 6.58. The maximum atomic E-state index is 6.48. The van der Waals surface area contributed by atoms with Crippen molar-refractivity contribution in [3.8, 4) is 11.1 Å². The first-order valence-electron chi connectivity index (χ1n) is 14.9. The predicted octanol–water partition coefficient (Wildman–Crippen LogP) is 11.6. The SMILES string of the molecule is c1ccc(-c2ccc(N(c3ccc4c(ccc5c6ccccc6ccc45)c3)c3nccc4c3oc3ccccc34)cc2)cc1. The molecule has 0 aliphatic rings. The van der Waals surface area contributed by atoms with Crippen LogP contribution in [0.4, 0.5) is 17.2 Å². The lowest BCUT2D eigenvalue weighted by Crippen LogP contribution is -2.11. The first kappa shape index (κ1) is 24.6. The van der Waals surface area contributed by atoms with Gasteiger partial charge < -0.3 is 4.42 Å². The molecule has 0 spiro atoms. The van der Waals surface area contributed by atoms with E-state index in [0.717, 1.165) is 39.1 Å². The van der Waals surface area contributed by atoms with E-state index in [9.17, 15) is 0 Å². The summed E-state index contributed by atoms with van der Waals surface area (Å²) in [4.78, 5) is 7.14. The molecule has 9 aromatic rings. The van der Waals surface area contributed by atoms with Crippen LogP contribution >= 0.6 is 0 Å². The van der Waals surface area contributed by atoms with E-state index in [4.69, 9.17) is 9.40 Å². The second-order valence-corrected chi connectivity index (χ2v) is 11.2. The first-order valence-corrected chi connectivity index (χ1v) is 14.9. The van der Waals surface area contributed by atoms with Crippen molar-refractivity contribution in [3.05, 3.63) is 158 Å². The molecular formula is C41H26N2O. The zero-order chi connectivity index (χ0) is 29.0. The molecule has 44 heavy (non-hydrogen) atoms. The van der Waals surface area contributed by atoms with Crippen LogP contribution in [0.1, 0.15) is 0 Å². The van der Waals surface area contributed by atoms with Crippen molar-refractivity contribution in [2.24, 2.45) is 0 Å². The van der Waals surface area contributed by atoms with Gasteiger partial charge in [-0.2, -0.15) is 0 Å². The highest BCUT2D eigenvalue weighted by molar-refractivity contribution is 6.18. The molecule has 3 heteroatoms. The van der Waals surface area contributed by atoms with Gasteiger partial charge in [0.1, 0.15) is 5.58 Å². The van der Waals surface area contributed by atoms with Gasteiger partial charge in [0, 0.05) is 28.3 Å². The third-order valence-corrected chi connectivity index (χ3v) is 8.70. The lowest BCUT2D eigenvalue weighted by Gasteiger charge is -2.25. The van der Waals surface area contributed by atoms with Gasteiger partial charge in [-0.15, -0.1) is 0 Å². The normalized spacial score (nSPS) is 11.6. The molecule has 0 atom stereocenters. The molecule has 0 aliphatic heterocycles. The number of hydrogen-bond donors (Lipinski definition) is 0. The van der Waals surface area contributed by atoms with Crippen LogP contribution in [0.2, 0.25) is 0 Å². The molecule has 7 aromatic carbocycles. The van der Waals surface area contributed by atoms with Gasteiger partial charge in [-0.05, 0) is 79.8 Å². The van der Waals surface area contributed by atoms with Crippen LogP contribution < -0.4 is 4.90 Å². The van der Waals surface area contributed by atoms with Gasteiger partial charge in [-0.3, -0.25) is 4.90 Å². The number of benzene rings is 7. The second kappa shape index (κ2) is 9.82. The maximum absolute atomic E-state index is 6.48. The highest BCUT2D eigenvalue weighted by atomic mass is 16.3. The van der Waals surface area contributed by atoms with E-state index < -0.39 is 0 Å². The molecule has 0 saturated carbocycles. The Hall–Kier alpha value is -5.93. The topological polar surface area (TPSA) is 29.3 Å². The molecule has 0 N–H and O–H groups in total. The summed E-state index contributed by atoms with van der Waals surface area (Å²) in [7, 11) is 0. The second-order valence-electron chi connectivity index (χ2n) is 11.2. The van der Waals surface area contributed by atoms with Gasteiger partial charge in [-0.1, -0.05) is 115 Å². The third-order valence-electron chi connectivity index (χ3n) is 8.70. The number of hydrogen-bond acceptors (Lipinski definition) is 3. The van der Waals surface area contributed by atoms with Crippen LogP contribution in [0.5, 0.6) is 0 Å². The van der Waals surface area contributed by atoms with Crippen molar-refractivity contribution < 1.29 is 4.42 Å². The van der Waals surface area contributed by atoms with Crippen LogP contribution in [0.15, 0.2) is 162 Å². The van der Waals surface area contributed by atoms with Crippen LogP contribution in [0, 0.1) is 0 Å². The Labute approximate surface area is 254 Å². The van der Waals surface area contributed by atoms with Crippen molar-refractivity contribution in [2.45, 2.75) is 0 Å². The number of nitrogens with zero attached hydrogens (tertiary/aromatic N) is 2. The van der Waals surface area contributed by atoms with Gasteiger partial charge in [0.25, 0.3) is 0 Å². The van der Waals surface area contributed by atoms with Crippen molar-refractivity contribution in [1.29, 1.82) is 0 Å². The Morgan fingerprint density at radius 2 is 1.07 bits per heavy atom. The molecule has 2 aromatic heterocycles. The number of aromatic nitrogens is 1. The molecule has 0 unspecified atom stereocenters. The van der Waals surface area contributed by atoms with E-state index in [1.165, 1.54) is 43.4 Å². The molecule has 0 amide bonds. The standard InChI is InChI=1S/C41H26N2O/c1-2-8-27(9-3-1)28-14-18-31(19-15-28)43(41-40-38(24-25-42-41)37-12-6-7-13-39(37)44-40)32-20-23-34-30(26-32)17-22-35-33-11-5-4-10-29(33)16-21-36(34)35/h1-26H. The van der Waals surface area contributed by atoms with Crippen LogP contribution in [0.3, 0.4) is 0 Å². The summed E-state index contributed by atoms with van der Waals surface area (Å²) >= 11 is 0. The summed E-state index contributed by atoms with van der Waals surface area (Å²) in [5, 5.41) is 9.59. The Bertz CT molecular complexity index is 2490. The number of para-hydroxylation sites is 1. The Morgan fingerprint density at radius 3 is 1.91 bits per heavy atom. The minimum atomic E-state index is 0.761. The summed E-state index contributed by atoms with van der Waals surface area (Å²) in [6, 6.07) is 53.6. The Balaban J connectivity index is 1.26. The van der Waals surface area contributed by atoms with Crippen LogP contribution in [-0.2, 0) is 0 Å². The number of anilines is 3. The molecule has 0 radical (unpaired) electrons. The highest BCUT2D eigenvalue weighted by Gasteiger charge is 2.21. The van der Waals surface area contributed by atoms with E-state index in [0.29, 0.717) is 0 Å². The van der Waals surface area contributed by atoms with Crippen molar-refractivity contribution in [1.82, 2.24) is 4.98 Å². The van der Waals surface area contributed by atoms with Gasteiger partial charge in [0.05, 0.1) is 0 Å². The molecule has 0 aliphatic carbocycles. The minimum absolute atomic E-state index is 0.761. The largest absolute Gasteiger partial charge is 0.452 e. The smallest absolute Gasteiger partial charge is 0.181 e. The van der Waals surface area contributed by atoms with Gasteiger partial charge in [0.2, 0.25) is 0 Å². The van der Waals surface area contributed by atoms with Crippen molar-refractivity contribution in [2.75, 3.05) is 4.90 Å². The van der Waals surface area contributed by atoms with Crippen LogP contribution in [0.25, 0.3) is 65.4 Å². The molecule has 3 nitrogen and oxygen atoms in total. The third kappa shape index (κ3) is 3.87. The van der Waals surface area contributed by atoms with E-state index >= 15 is 0 Å². The number of pyridine rings is 1. The summed E-state index contributed by atoms with van der Waals surface area (Å²) in [6.45, 7) is 0. The molecule has 0 saturated heterocycles. The summed E-state index contributed by atoms with van der Waals surface area (Å²) in [5.74, 6) is 0.761. The number of rotatable bonds is 4. The fraction of sp³-hybridized carbons (Fsp3) is 0. The average Bonchev–Trinajstić information content (AvgIpc) is 3.48. The zero-order valence-electron chi connectivity index (χ0n) is 23.8. The van der Waals surface area contributed by atoms with E-state index in [1.807, 2.05) is 36.5 Å². The molecule has 9 rings (SSSR count). The minimum Gasteiger partial charge on any atom is -0.452 e. The zero-order valence-corrected chi connectivity index (χ0v) is 23.8. The van der Waals surface area contributed by atoms with Gasteiger partial charge in [-0.25, -0.2) is 4.98 Å². The average molecular weight is 563 g/mol. The van der Waals surface area contributed by atoms with Crippen molar-refractivity contribution >= 4 is 71.4 Å². The molecule has 0 fully saturated rings. The summed E-state index contributed by atoms with van der Waals surface area (Å²) in [5.41, 5.74) is 6.01. The molecule has 0 bridgehead atoms. The van der Waals surface area contributed by atoms with Crippen LogP contribution in [-0.4, -0.2) is 4.98 Å². The molecule has 206 valence electrons. The van der Waals surface area contributed by atoms with Gasteiger partial charge >= 0.3 is 0 Å². The van der Waals surface area contributed by atoms with E-state index in [1.54, 1.807) is 0 Å². The molecular weight excluding hydrogens is 536 g/mol.